The Morgan fingerprint density at radius 2 is 2.00 bits per heavy atom. The van der Waals surface area contributed by atoms with Crippen LogP contribution in [0, 0.1) is 5.82 Å². The van der Waals surface area contributed by atoms with Crippen molar-refractivity contribution in [3.05, 3.63) is 53.1 Å². The van der Waals surface area contributed by atoms with Crippen LogP contribution in [-0.4, -0.2) is 27.2 Å². The van der Waals surface area contributed by atoms with Crippen LogP contribution in [0.4, 0.5) is 10.1 Å². The van der Waals surface area contributed by atoms with Crippen molar-refractivity contribution in [2.75, 3.05) is 11.4 Å². The van der Waals surface area contributed by atoms with Gasteiger partial charge in [-0.3, -0.25) is 4.79 Å². The van der Waals surface area contributed by atoms with Crippen LogP contribution in [0.3, 0.4) is 0 Å². The lowest BCUT2D eigenvalue weighted by atomic mass is 9.99. The molecule has 146 valence electrons. The number of fused-ring (bicyclic) bond motifs is 2. The number of aromatic nitrogens is 3. The fourth-order valence-corrected chi connectivity index (χ4v) is 3.84. The maximum absolute atomic E-state index is 14.6. The number of hydrogen-bond donors (Lipinski definition) is 0. The van der Waals surface area contributed by atoms with Crippen LogP contribution in [0.15, 0.2) is 30.5 Å². The number of anilines is 1. The van der Waals surface area contributed by atoms with Gasteiger partial charge in [0.1, 0.15) is 5.82 Å². The first-order valence-corrected chi connectivity index (χ1v) is 9.86. The Morgan fingerprint density at radius 3 is 2.71 bits per heavy atom. The first-order chi connectivity index (χ1) is 13.4. The summed E-state index contributed by atoms with van der Waals surface area (Å²) in [5.74, 6) is -0.377. The van der Waals surface area contributed by atoms with Gasteiger partial charge in [0.05, 0.1) is 22.8 Å². The molecule has 0 radical (unpaired) electrons. The summed E-state index contributed by atoms with van der Waals surface area (Å²) in [6.45, 7) is 8.68. The first kappa shape index (κ1) is 18.6. The average Bonchev–Trinajstić information content (AvgIpc) is 3.10. The van der Waals surface area contributed by atoms with Gasteiger partial charge in [-0.15, -0.1) is 0 Å². The Morgan fingerprint density at radius 1 is 1.21 bits per heavy atom. The van der Waals surface area contributed by atoms with Crippen LogP contribution in [0.25, 0.3) is 11.0 Å². The molecular weight excluding hydrogens is 355 g/mol. The quantitative estimate of drug-likeness (QED) is 0.651. The zero-order chi connectivity index (χ0) is 20.0. The largest absolute Gasteiger partial charge is 0.305 e. The molecule has 0 bridgehead atoms. The maximum Gasteiger partial charge on any atom is 0.259 e. The molecule has 3 heterocycles. The van der Waals surface area contributed by atoms with Crippen molar-refractivity contribution >= 4 is 22.6 Å². The second-order valence-electron chi connectivity index (χ2n) is 7.98. The van der Waals surface area contributed by atoms with Crippen molar-refractivity contribution in [3.63, 3.8) is 0 Å². The van der Waals surface area contributed by atoms with Crippen LogP contribution >= 0.6 is 0 Å². The summed E-state index contributed by atoms with van der Waals surface area (Å²) in [5, 5.41) is 5.17. The number of benzene rings is 1. The van der Waals surface area contributed by atoms with Crippen LogP contribution in [0.5, 0.6) is 0 Å². The standard InChI is InChI=1S/C22H25FN4O/c1-13(2)19-11-16(17-12-24-27(14(3)4)21(17)25-19)22(28)26-10-6-8-15-7-5-9-18(23)20(15)26/h5,7,9,11-14H,6,8,10H2,1-4H3. The molecule has 0 saturated heterocycles. The molecule has 5 nitrogen and oxygen atoms in total. The van der Waals surface area contributed by atoms with E-state index >= 15 is 0 Å². The van der Waals surface area contributed by atoms with Gasteiger partial charge in [0, 0.05) is 18.3 Å². The van der Waals surface area contributed by atoms with E-state index in [0.717, 1.165) is 24.1 Å². The van der Waals surface area contributed by atoms with E-state index in [1.807, 2.05) is 44.5 Å². The third kappa shape index (κ3) is 2.97. The van der Waals surface area contributed by atoms with Gasteiger partial charge in [0.25, 0.3) is 5.91 Å². The number of amides is 1. The third-order valence-corrected chi connectivity index (χ3v) is 5.31. The Bertz CT molecular complexity index is 1050. The zero-order valence-electron chi connectivity index (χ0n) is 16.7. The van der Waals surface area contributed by atoms with E-state index in [0.29, 0.717) is 28.8 Å². The number of para-hydroxylation sites is 1. The second-order valence-corrected chi connectivity index (χ2v) is 7.98. The zero-order valence-corrected chi connectivity index (χ0v) is 16.7. The number of carbonyl (C=O) groups excluding carboxylic acids is 1. The first-order valence-electron chi connectivity index (χ1n) is 9.86. The molecule has 3 aromatic rings. The number of hydrogen-bond acceptors (Lipinski definition) is 3. The van der Waals surface area contributed by atoms with Gasteiger partial charge in [0.15, 0.2) is 5.65 Å². The SMILES string of the molecule is CC(C)c1cc(C(=O)N2CCCc3cccc(F)c32)c2cnn(C(C)C)c2n1. The predicted molar refractivity (Wildman–Crippen MR) is 108 cm³/mol. The second kappa shape index (κ2) is 7.00. The minimum Gasteiger partial charge on any atom is -0.305 e. The Hall–Kier alpha value is -2.76. The van der Waals surface area contributed by atoms with E-state index in [1.165, 1.54) is 6.07 Å². The fourth-order valence-electron chi connectivity index (χ4n) is 3.84. The molecule has 4 rings (SSSR count). The molecule has 0 atom stereocenters. The van der Waals surface area contributed by atoms with E-state index in [1.54, 1.807) is 17.2 Å². The van der Waals surface area contributed by atoms with Crippen LogP contribution < -0.4 is 4.90 Å². The van der Waals surface area contributed by atoms with E-state index in [9.17, 15) is 9.18 Å². The van der Waals surface area contributed by atoms with Crippen molar-refractivity contribution in [3.8, 4) is 0 Å². The number of carbonyl (C=O) groups is 1. The van der Waals surface area contributed by atoms with Gasteiger partial charge in [-0.1, -0.05) is 26.0 Å². The molecule has 0 unspecified atom stereocenters. The van der Waals surface area contributed by atoms with E-state index in [2.05, 4.69) is 5.10 Å². The summed E-state index contributed by atoms with van der Waals surface area (Å²) in [5.41, 5.74) is 3.37. The monoisotopic (exact) mass is 380 g/mol. The molecule has 0 aliphatic carbocycles. The number of pyridine rings is 1. The van der Waals surface area contributed by atoms with Gasteiger partial charge in [-0.2, -0.15) is 5.10 Å². The normalized spacial score (nSPS) is 14.2. The summed E-state index contributed by atoms with van der Waals surface area (Å²) >= 11 is 0. The van der Waals surface area contributed by atoms with Gasteiger partial charge in [0.2, 0.25) is 0 Å². The predicted octanol–water partition coefficient (Wildman–Crippen LogP) is 4.87. The molecule has 1 aliphatic heterocycles. The van der Waals surface area contributed by atoms with Gasteiger partial charge in [-0.25, -0.2) is 14.1 Å². The van der Waals surface area contributed by atoms with E-state index in [-0.39, 0.29) is 23.7 Å². The summed E-state index contributed by atoms with van der Waals surface area (Å²) in [4.78, 5) is 19.9. The highest BCUT2D eigenvalue weighted by Gasteiger charge is 2.29. The average molecular weight is 380 g/mol. The van der Waals surface area contributed by atoms with Crippen molar-refractivity contribution in [2.45, 2.75) is 52.5 Å². The summed E-state index contributed by atoms with van der Waals surface area (Å²) in [7, 11) is 0. The molecule has 6 heteroatoms. The molecule has 1 aliphatic rings. The molecule has 2 aromatic heterocycles. The van der Waals surface area contributed by atoms with Gasteiger partial charge in [-0.05, 0) is 50.3 Å². The minimum atomic E-state index is -0.349. The van der Waals surface area contributed by atoms with Gasteiger partial charge >= 0.3 is 0 Å². The molecule has 0 spiro atoms. The van der Waals surface area contributed by atoms with Gasteiger partial charge < -0.3 is 4.90 Å². The molecule has 1 aromatic carbocycles. The lowest BCUT2D eigenvalue weighted by Crippen LogP contribution is -2.36. The number of rotatable bonds is 3. The summed E-state index contributed by atoms with van der Waals surface area (Å²) in [6, 6.07) is 7.00. The summed E-state index contributed by atoms with van der Waals surface area (Å²) in [6.07, 6.45) is 3.30. The lowest BCUT2D eigenvalue weighted by molar-refractivity contribution is 0.0985. The molecule has 1 amide bonds. The summed E-state index contributed by atoms with van der Waals surface area (Å²) < 4.78 is 16.4. The highest BCUT2D eigenvalue weighted by Crippen LogP contribution is 2.33. The molecule has 0 fully saturated rings. The third-order valence-electron chi connectivity index (χ3n) is 5.31. The van der Waals surface area contributed by atoms with Crippen LogP contribution in [0.2, 0.25) is 0 Å². The smallest absolute Gasteiger partial charge is 0.259 e. The van der Waals surface area contributed by atoms with Crippen molar-refractivity contribution < 1.29 is 9.18 Å². The van der Waals surface area contributed by atoms with Crippen LogP contribution in [0.1, 0.15) is 67.7 Å². The fraction of sp³-hybridized carbons (Fsp3) is 0.409. The molecule has 0 saturated carbocycles. The van der Waals surface area contributed by atoms with Crippen molar-refractivity contribution in [1.82, 2.24) is 14.8 Å². The highest BCUT2D eigenvalue weighted by molar-refractivity contribution is 6.13. The minimum absolute atomic E-state index is 0.128. The Kier molecular flexibility index (Phi) is 4.65. The van der Waals surface area contributed by atoms with Crippen molar-refractivity contribution in [1.29, 1.82) is 0 Å². The van der Waals surface area contributed by atoms with Crippen LogP contribution in [-0.2, 0) is 6.42 Å². The Labute approximate surface area is 164 Å². The maximum atomic E-state index is 14.6. The van der Waals surface area contributed by atoms with E-state index < -0.39 is 0 Å². The lowest BCUT2D eigenvalue weighted by Gasteiger charge is -2.30. The number of aryl methyl sites for hydroxylation is 1. The van der Waals surface area contributed by atoms with E-state index in [4.69, 9.17) is 4.98 Å². The van der Waals surface area contributed by atoms with Crippen molar-refractivity contribution in [2.24, 2.45) is 0 Å². The molecule has 0 N–H and O–H groups in total. The highest BCUT2D eigenvalue weighted by atomic mass is 19.1. The number of nitrogens with zero attached hydrogens (tertiary/aromatic N) is 4. The number of halogens is 1. The molecular formula is C22H25FN4O. The Balaban J connectivity index is 1.89. The molecule has 28 heavy (non-hydrogen) atoms. The topological polar surface area (TPSA) is 51.0 Å².